The number of para-hydroxylation sites is 1. The molecule has 1 atom stereocenters. The summed E-state index contributed by atoms with van der Waals surface area (Å²) >= 11 is 0. The zero-order valence-electron chi connectivity index (χ0n) is 18.7. The maximum atomic E-state index is 12.7. The summed E-state index contributed by atoms with van der Waals surface area (Å²) in [5.41, 5.74) is 3.03. The molecule has 7 nitrogen and oxygen atoms in total. The maximum absolute atomic E-state index is 12.7. The Labute approximate surface area is 197 Å². The number of hydrogen-bond acceptors (Lipinski definition) is 5. The molecule has 0 radical (unpaired) electrons. The van der Waals surface area contributed by atoms with Crippen LogP contribution in [0.1, 0.15) is 32.7 Å². The third kappa shape index (κ3) is 5.20. The van der Waals surface area contributed by atoms with E-state index in [2.05, 4.69) is 5.32 Å². The number of carbonyl (C=O) groups excluding carboxylic acids is 4. The Kier molecular flexibility index (Phi) is 6.82. The second-order valence-electron chi connectivity index (χ2n) is 8.12. The molecular weight excluding hydrogens is 432 g/mol. The smallest absolute Gasteiger partial charge is 0.338 e. The number of benzene rings is 3. The number of ether oxygens (including phenoxy) is 1. The molecule has 0 spiro atoms. The van der Waals surface area contributed by atoms with E-state index in [4.69, 9.17) is 4.74 Å². The van der Waals surface area contributed by atoms with Crippen LogP contribution in [0.2, 0.25) is 0 Å². The molecule has 3 aromatic rings. The second-order valence-corrected chi connectivity index (χ2v) is 8.12. The Morgan fingerprint density at radius 2 is 1.59 bits per heavy atom. The van der Waals surface area contributed by atoms with Crippen molar-refractivity contribution in [2.75, 3.05) is 23.4 Å². The van der Waals surface area contributed by atoms with Crippen LogP contribution < -0.4 is 10.2 Å². The number of esters is 1. The highest BCUT2D eigenvalue weighted by atomic mass is 16.5. The Hall–Kier alpha value is -4.26. The minimum absolute atomic E-state index is 0.0856. The number of amides is 2. The average molecular weight is 456 g/mol. The van der Waals surface area contributed by atoms with Crippen molar-refractivity contribution in [1.82, 2.24) is 0 Å². The zero-order valence-corrected chi connectivity index (χ0v) is 18.7. The van der Waals surface area contributed by atoms with Crippen molar-refractivity contribution in [2.45, 2.75) is 13.3 Å². The highest BCUT2D eigenvalue weighted by Crippen LogP contribution is 2.28. The zero-order chi connectivity index (χ0) is 24.1. The van der Waals surface area contributed by atoms with Crippen LogP contribution >= 0.6 is 0 Å². The number of carbonyl (C=O) groups is 4. The molecule has 3 aromatic carbocycles. The van der Waals surface area contributed by atoms with Gasteiger partial charge in [0, 0.05) is 29.9 Å². The molecule has 0 aromatic heterocycles. The molecule has 2 amide bonds. The summed E-state index contributed by atoms with van der Waals surface area (Å²) in [4.78, 5) is 51.2. The van der Waals surface area contributed by atoms with E-state index >= 15 is 0 Å². The van der Waals surface area contributed by atoms with E-state index in [1.165, 1.54) is 12.1 Å². The molecule has 1 aliphatic heterocycles. The SMILES string of the molecule is Cc1ccccc1N1C[C@H](C(=O)Nc2ccc(C(=O)OCC(=O)c3ccccc3)cc2)CC1=O. The summed E-state index contributed by atoms with van der Waals surface area (Å²) in [6, 6.07) is 22.4. The molecule has 1 saturated heterocycles. The van der Waals surface area contributed by atoms with Gasteiger partial charge in [-0.15, -0.1) is 0 Å². The summed E-state index contributed by atoms with van der Waals surface area (Å²) in [6.45, 7) is 1.89. The predicted molar refractivity (Wildman–Crippen MR) is 128 cm³/mol. The van der Waals surface area contributed by atoms with Crippen LogP contribution in [0.5, 0.6) is 0 Å². The lowest BCUT2D eigenvalue weighted by Crippen LogP contribution is -2.28. The van der Waals surface area contributed by atoms with Gasteiger partial charge in [0.15, 0.2) is 12.4 Å². The molecule has 7 heteroatoms. The van der Waals surface area contributed by atoms with Gasteiger partial charge < -0.3 is 15.0 Å². The summed E-state index contributed by atoms with van der Waals surface area (Å²) in [5.74, 6) is -1.73. The molecule has 1 heterocycles. The highest BCUT2D eigenvalue weighted by molar-refractivity contribution is 6.04. The fraction of sp³-hybridized carbons (Fsp3) is 0.185. The summed E-state index contributed by atoms with van der Waals surface area (Å²) in [5, 5.41) is 2.80. The Balaban J connectivity index is 1.31. The summed E-state index contributed by atoms with van der Waals surface area (Å²) < 4.78 is 5.10. The van der Waals surface area contributed by atoms with E-state index < -0.39 is 11.9 Å². The molecule has 4 rings (SSSR count). The molecule has 0 saturated carbocycles. The Bertz CT molecular complexity index is 1220. The van der Waals surface area contributed by atoms with Gasteiger partial charge in [0.1, 0.15) is 0 Å². The minimum Gasteiger partial charge on any atom is -0.454 e. The third-order valence-corrected chi connectivity index (χ3v) is 5.72. The monoisotopic (exact) mass is 456 g/mol. The van der Waals surface area contributed by atoms with E-state index in [1.54, 1.807) is 47.4 Å². The number of aryl methyl sites for hydroxylation is 1. The van der Waals surface area contributed by atoms with Gasteiger partial charge in [-0.05, 0) is 42.8 Å². The molecule has 1 fully saturated rings. The van der Waals surface area contributed by atoms with Gasteiger partial charge in [-0.3, -0.25) is 14.4 Å². The Morgan fingerprint density at radius 3 is 2.29 bits per heavy atom. The van der Waals surface area contributed by atoms with E-state index in [0.717, 1.165) is 11.3 Å². The van der Waals surface area contributed by atoms with Crippen molar-refractivity contribution < 1.29 is 23.9 Å². The van der Waals surface area contributed by atoms with Crippen LogP contribution in [0.3, 0.4) is 0 Å². The first-order chi connectivity index (χ1) is 16.4. The lowest BCUT2D eigenvalue weighted by atomic mass is 10.1. The van der Waals surface area contributed by atoms with Gasteiger partial charge >= 0.3 is 5.97 Å². The van der Waals surface area contributed by atoms with Crippen molar-refractivity contribution in [3.63, 3.8) is 0 Å². The van der Waals surface area contributed by atoms with Gasteiger partial charge in [0.25, 0.3) is 0 Å². The lowest BCUT2D eigenvalue weighted by molar-refractivity contribution is -0.122. The van der Waals surface area contributed by atoms with Crippen LogP contribution in [0.25, 0.3) is 0 Å². The van der Waals surface area contributed by atoms with E-state index in [0.29, 0.717) is 17.8 Å². The van der Waals surface area contributed by atoms with Crippen LogP contribution in [0.15, 0.2) is 78.9 Å². The van der Waals surface area contributed by atoms with Crippen molar-refractivity contribution >= 4 is 34.9 Å². The molecule has 0 bridgehead atoms. The molecule has 0 aliphatic carbocycles. The van der Waals surface area contributed by atoms with Crippen LogP contribution in [-0.2, 0) is 14.3 Å². The molecule has 1 N–H and O–H groups in total. The fourth-order valence-corrected chi connectivity index (χ4v) is 3.84. The summed E-state index contributed by atoms with van der Waals surface area (Å²) in [6.07, 6.45) is 0.139. The maximum Gasteiger partial charge on any atom is 0.338 e. The van der Waals surface area contributed by atoms with Crippen molar-refractivity contribution in [2.24, 2.45) is 5.92 Å². The van der Waals surface area contributed by atoms with Crippen LogP contribution in [0, 0.1) is 12.8 Å². The van der Waals surface area contributed by atoms with Gasteiger partial charge in [0.2, 0.25) is 11.8 Å². The van der Waals surface area contributed by atoms with Gasteiger partial charge in [-0.2, -0.15) is 0 Å². The summed E-state index contributed by atoms with van der Waals surface area (Å²) in [7, 11) is 0. The van der Waals surface area contributed by atoms with Gasteiger partial charge in [-0.1, -0.05) is 48.5 Å². The average Bonchev–Trinajstić information content (AvgIpc) is 3.25. The Morgan fingerprint density at radius 1 is 0.912 bits per heavy atom. The molecule has 1 aliphatic rings. The van der Waals surface area contributed by atoms with E-state index in [-0.39, 0.29) is 36.2 Å². The van der Waals surface area contributed by atoms with Crippen LogP contribution in [-0.4, -0.2) is 36.7 Å². The van der Waals surface area contributed by atoms with Crippen molar-refractivity contribution in [1.29, 1.82) is 0 Å². The van der Waals surface area contributed by atoms with Gasteiger partial charge in [0.05, 0.1) is 11.5 Å². The molecule has 34 heavy (non-hydrogen) atoms. The molecular formula is C27H24N2O5. The third-order valence-electron chi connectivity index (χ3n) is 5.72. The number of ketones is 1. The fourth-order valence-electron chi connectivity index (χ4n) is 3.84. The number of hydrogen-bond donors (Lipinski definition) is 1. The largest absolute Gasteiger partial charge is 0.454 e. The molecule has 0 unspecified atom stereocenters. The van der Waals surface area contributed by atoms with Crippen molar-refractivity contribution in [3.8, 4) is 0 Å². The normalized spacial score (nSPS) is 15.1. The lowest BCUT2D eigenvalue weighted by Gasteiger charge is -2.19. The van der Waals surface area contributed by atoms with E-state index in [1.807, 2.05) is 31.2 Å². The quantitative estimate of drug-likeness (QED) is 0.428. The first kappa shape index (κ1) is 22.9. The van der Waals surface area contributed by atoms with Crippen LogP contribution in [0.4, 0.5) is 11.4 Å². The minimum atomic E-state index is -0.627. The van der Waals surface area contributed by atoms with E-state index in [9.17, 15) is 19.2 Å². The number of nitrogens with zero attached hydrogens (tertiary/aromatic N) is 1. The number of rotatable bonds is 7. The highest BCUT2D eigenvalue weighted by Gasteiger charge is 2.35. The number of nitrogens with one attached hydrogen (secondary N) is 1. The van der Waals surface area contributed by atoms with Gasteiger partial charge in [-0.25, -0.2) is 4.79 Å². The second kappa shape index (κ2) is 10.1. The topological polar surface area (TPSA) is 92.8 Å². The van der Waals surface area contributed by atoms with Crippen molar-refractivity contribution in [3.05, 3.63) is 95.6 Å². The number of Topliss-reactive ketones (excluding diaryl/α,β-unsaturated/α-hetero) is 1. The predicted octanol–water partition coefficient (Wildman–Crippen LogP) is 4.03. The standard InChI is InChI=1S/C27H24N2O5/c1-18-7-5-6-10-23(18)29-16-21(15-25(29)31)26(32)28-22-13-11-20(12-14-22)27(33)34-17-24(30)19-8-3-2-4-9-19/h2-14,21H,15-17H2,1H3,(H,28,32)/t21-/m1/s1. The molecule has 172 valence electrons. The number of anilines is 2. The first-order valence-electron chi connectivity index (χ1n) is 10.9. The first-order valence-corrected chi connectivity index (χ1v) is 10.9.